The van der Waals surface area contributed by atoms with Crippen LogP contribution < -0.4 is 0 Å². The minimum atomic E-state index is -1.10. The van der Waals surface area contributed by atoms with Crippen molar-refractivity contribution < 1.29 is 14.7 Å². The van der Waals surface area contributed by atoms with Gasteiger partial charge in [-0.2, -0.15) is 0 Å². The zero-order valence-corrected chi connectivity index (χ0v) is 14.2. The van der Waals surface area contributed by atoms with Crippen molar-refractivity contribution in [3.05, 3.63) is 95.1 Å². The third-order valence-corrected chi connectivity index (χ3v) is 4.75. The summed E-state index contributed by atoms with van der Waals surface area (Å²) in [6.45, 7) is 2.00. The highest BCUT2D eigenvalue weighted by Gasteiger charge is 2.21. The standard InChI is InChI=1S/C23H16O3/c1-14-10-11-19(18-9-5-4-8-17(14)18)22(24)20-12-15-6-2-3-7-16(15)13-21(20)23(25)26/h2-13H,1H3,(H,25,26). The minimum absolute atomic E-state index is 0.0263. The maximum absolute atomic E-state index is 13.3. The van der Waals surface area contributed by atoms with E-state index in [1.807, 2.05) is 61.5 Å². The fourth-order valence-electron chi connectivity index (χ4n) is 3.40. The Kier molecular flexibility index (Phi) is 3.77. The van der Waals surface area contributed by atoms with E-state index < -0.39 is 5.97 Å². The number of aromatic carboxylic acids is 1. The number of rotatable bonds is 3. The van der Waals surface area contributed by atoms with Gasteiger partial charge in [-0.3, -0.25) is 4.79 Å². The second-order valence-electron chi connectivity index (χ2n) is 6.35. The second-order valence-corrected chi connectivity index (χ2v) is 6.35. The van der Waals surface area contributed by atoms with Crippen LogP contribution in [0.3, 0.4) is 0 Å². The molecule has 3 heteroatoms. The van der Waals surface area contributed by atoms with Crippen molar-refractivity contribution in [3.8, 4) is 0 Å². The molecule has 4 aromatic rings. The van der Waals surface area contributed by atoms with Crippen LogP contribution in [0.5, 0.6) is 0 Å². The lowest BCUT2D eigenvalue weighted by Crippen LogP contribution is -2.10. The molecule has 26 heavy (non-hydrogen) atoms. The fourth-order valence-corrected chi connectivity index (χ4v) is 3.40. The lowest BCUT2D eigenvalue weighted by Gasteiger charge is -2.11. The van der Waals surface area contributed by atoms with Crippen molar-refractivity contribution in [3.63, 3.8) is 0 Å². The van der Waals surface area contributed by atoms with Crippen LogP contribution in [0, 0.1) is 6.92 Å². The summed E-state index contributed by atoms with van der Waals surface area (Å²) in [5.41, 5.74) is 1.83. The molecule has 0 spiro atoms. The largest absolute Gasteiger partial charge is 0.478 e. The molecule has 0 aliphatic rings. The highest BCUT2D eigenvalue weighted by Crippen LogP contribution is 2.27. The molecule has 4 aromatic carbocycles. The predicted molar refractivity (Wildman–Crippen MR) is 103 cm³/mol. The first kappa shape index (κ1) is 16.0. The quantitative estimate of drug-likeness (QED) is 0.520. The molecule has 0 heterocycles. The Morgan fingerprint density at radius 3 is 1.92 bits per heavy atom. The molecule has 0 amide bonds. The SMILES string of the molecule is Cc1ccc(C(=O)c2cc3ccccc3cc2C(=O)O)c2ccccc12. The molecule has 0 aliphatic heterocycles. The Hall–Kier alpha value is -3.46. The Bertz CT molecular complexity index is 1190. The van der Waals surface area contributed by atoms with Gasteiger partial charge < -0.3 is 5.11 Å². The molecule has 0 saturated heterocycles. The van der Waals surface area contributed by atoms with E-state index in [1.54, 1.807) is 18.2 Å². The third-order valence-electron chi connectivity index (χ3n) is 4.75. The molecule has 4 rings (SSSR count). The van der Waals surface area contributed by atoms with Crippen molar-refractivity contribution >= 4 is 33.3 Å². The molecule has 0 radical (unpaired) electrons. The number of benzene rings is 4. The van der Waals surface area contributed by atoms with Gasteiger partial charge in [0.25, 0.3) is 0 Å². The van der Waals surface area contributed by atoms with Crippen LogP contribution in [-0.2, 0) is 0 Å². The zero-order valence-electron chi connectivity index (χ0n) is 14.2. The lowest BCUT2D eigenvalue weighted by molar-refractivity contribution is 0.0693. The number of hydrogen-bond donors (Lipinski definition) is 1. The number of carbonyl (C=O) groups excluding carboxylic acids is 1. The van der Waals surface area contributed by atoms with E-state index in [1.165, 1.54) is 0 Å². The molecule has 0 saturated carbocycles. The molecule has 0 aromatic heterocycles. The summed E-state index contributed by atoms with van der Waals surface area (Å²) >= 11 is 0. The molecular formula is C23H16O3. The highest BCUT2D eigenvalue weighted by molar-refractivity contribution is 6.21. The molecule has 1 N–H and O–H groups in total. The average molecular weight is 340 g/mol. The summed E-state index contributed by atoms with van der Waals surface area (Å²) in [5, 5.41) is 13.1. The molecule has 0 aliphatic carbocycles. The Balaban J connectivity index is 1.99. The first-order valence-corrected chi connectivity index (χ1v) is 8.35. The number of carboxylic acid groups (broad SMARTS) is 1. The number of aryl methyl sites for hydroxylation is 1. The molecule has 0 bridgehead atoms. The molecule has 126 valence electrons. The van der Waals surface area contributed by atoms with Gasteiger partial charge in [-0.15, -0.1) is 0 Å². The number of hydrogen-bond acceptors (Lipinski definition) is 2. The monoisotopic (exact) mass is 340 g/mol. The predicted octanol–water partition coefficient (Wildman–Crippen LogP) is 5.23. The van der Waals surface area contributed by atoms with Crippen LogP contribution in [-0.4, -0.2) is 16.9 Å². The summed E-state index contributed by atoms with van der Waals surface area (Å²) in [4.78, 5) is 25.0. The molecule has 3 nitrogen and oxygen atoms in total. The van der Waals surface area contributed by atoms with E-state index in [2.05, 4.69) is 0 Å². The average Bonchev–Trinajstić information content (AvgIpc) is 2.67. The zero-order chi connectivity index (χ0) is 18.3. The lowest BCUT2D eigenvalue weighted by atomic mass is 9.91. The molecule has 0 fully saturated rings. The Morgan fingerprint density at radius 2 is 1.27 bits per heavy atom. The van der Waals surface area contributed by atoms with E-state index in [0.29, 0.717) is 5.56 Å². The van der Waals surface area contributed by atoms with Gasteiger partial charge in [-0.1, -0.05) is 60.7 Å². The molecule has 0 atom stereocenters. The van der Waals surface area contributed by atoms with Gasteiger partial charge in [-0.25, -0.2) is 4.79 Å². The molecular weight excluding hydrogens is 324 g/mol. The summed E-state index contributed by atoms with van der Waals surface area (Å²) in [7, 11) is 0. The van der Waals surface area contributed by atoms with Crippen LogP contribution in [0.25, 0.3) is 21.5 Å². The first-order valence-electron chi connectivity index (χ1n) is 8.35. The summed E-state index contributed by atoms with van der Waals surface area (Å²) < 4.78 is 0. The van der Waals surface area contributed by atoms with Crippen molar-refractivity contribution in [1.29, 1.82) is 0 Å². The summed E-state index contributed by atoms with van der Waals surface area (Å²) in [5.74, 6) is -1.38. The Morgan fingerprint density at radius 1 is 0.692 bits per heavy atom. The van der Waals surface area contributed by atoms with Crippen LogP contribution >= 0.6 is 0 Å². The van der Waals surface area contributed by atoms with Gasteiger partial charge in [0.2, 0.25) is 0 Å². The van der Waals surface area contributed by atoms with Gasteiger partial charge in [-0.05, 0) is 46.2 Å². The summed E-state index contributed by atoms with van der Waals surface area (Å²) in [6, 6.07) is 22.1. The van der Waals surface area contributed by atoms with Gasteiger partial charge in [0.05, 0.1) is 5.56 Å². The maximum Gasteiger partial charge on any atom is 0.336 e. The van der Waals surface area contributed by atoms with E-state index in [4.69, 9.17) is 0 Å². The van der Waals surface area contributed by atoms with Crippen LogP contribution in [0.2, 0.25) is 0 Å². The van der Waals surface area contributed by atoms with Gasteiger partial charge in [0.15, 0.2) is 5.78 Å². The maximum atomic E-state index is 13.3. The number of fused-ring (bicyclic) bond motifs is 2. The highest BCUT2D eigenvalue weighted by atomic mass is 16.4. The smallest absolute Gasteiger partial charge is 0.336 e. The van der Waals surface area contributed by atoms with Crippen LogP contribution in [0.4, 0.5) is 0 Å². The first-order chi connectivity index (χ1) is 12.6. The third kappa shape index (κ3) is 2.54. The van der Waals surface area contributed by atoms with Gasteiger partial charge in [0, 0.05) is 11.1 Å². The second kappa shape index (κ2) is 6.12. The summed E-state index contributed by atoms with van der Waals surface area (Å²) in [6.07, 6.45) is 0. The molecule has 0 unspecified atom stereocenters. The van der Waals surface area contributed by atoms with Gasteiger partial charge in [0.1, 0.15) is 0 Å². The van der Waals surface area contributed by atoms with E-state index in [-0.39, 0.29) is 16.9 Å². The van der Waals surface area contributed by atoms with E-state index >= 15 is 0 Å². The van der Waals surface area contributed by atoms with Crippen molar-refractivity contribution in [2.75, 3.05) is 0 Å². The number of ketones is 1. The van der Waals surface area contributed by atoms with Crippen molar-refractivity contribution in [2.24, 2.45) is 0 Å². The topological polar surface area (TPSA) is 54.4 Å². The minimum Gasteiger partial charge on any atom is -0.478 e. The van der Waals surface area contributed by atoms with Crippen LogP contribution in [0.15, 0.2) is 72.8 Å². The van der Waals surface area contributed by atoms with Crippen LogP contribution in [0.1, 0.15) is 31.8 Å². The number of carboxylic acids is 1. The Labute approximate surface area is 150 Å². The fraction of sp³-hybridized carbons (Fsp3) is 0.0435. The van der Waals surface area contributed by atoms with Crippen molar-refractivity contribution in [1.82, 2.24) is 0 Å². The number of carbonyl (C=O) groups is 2. The van der Waals surface area contributed by atoms with Crippen molar-refractivity contribution in [2.45, 2.75) is 6.92 Å². The van der Waals surface area contributed by atoms with Gasteiger partial charge >= 0.3 is 5.97 Å². The van der Waals surface area contributed by atoms with E-state index in [9.17, 15) is 14.7 Å². The van der Waals surface area contributed by atoms with E-state index in [0.717, 1.165) is 27.1 Å². The normalized spacial score (nSPS) is 11.0.